The van der Waals surface area contributed by atoms with Crippen molar-refractivity contribution in [3.05, 3.63) is 16.6 Å². The summed E-state index contributed by atoms with van der Waals surface area (Å²) in [6.07, 6.45) is 1.78. The molecule has 4 nitrogen and oxygen atoms in total. The first-order valence-electron chi connectivity index (χ1n) is 3.49. The van der Waals surface area contributed by atoms with Gasteiger partial charge in [-0.25, -0.2) is 4.98 Å². The summed E-state index contributed by atoms with van der Waals surface area (Å²) < 4.78 is 0. The lowest BCUT2D eigenvalue weighted by molar-refractivity contribution is -0.119. The number of carbonyl (C=O) groups excluding carboxylic acids is 1. The van der Waals surface area contributed by atoms with Crippen LogP contribution in [0.15, 0.2) is 11.6 Å². The Labute approximate surface area is 74.6 Å². The van der Waals surface area contributed by atoms with Gasteiger partial charge in [0.25, 0.3) is 0 Å². The average Bonchev–Trinajstić information content (AvgIpc) is 2.32. The minimum atomic E-state index is -0.722. The van der Waals surface area contributed by atoms with Gasteiger partial charge >= 0.3 is 0 Å². The van der Waals surface area contributed by atoms with Crippen LogP contribution < -0.4 is 11.5 Å². The topological polar surface area (TPSA) is 82.0 Å². The van der Waals surface area contributed by atoms with E-state index < -0.39 is 11.4 Å². The fourth-order valence-electron chi connectivity index (χ4n) is 0.943. The van der Waals surface area contributed by atoms with Crippen molar-refractivity contribution < 1.29 is 4.79 Å². The van der Waals surface area contributed by atoms with Crippen molar-refractivity contribution in [2.24, 2.45) is 11.5 Å². The smallest absolute Gasteiger partial charge is 0.219 e. The van der Waals surface area contributed by atoms with Gasteiger partial charge in [-0.15, -0.1) is 11.3 Å². The summed E-state index contributed by atoms with van der Waals surface area (Å²) in [5.41, 5.74) is 10.2. The molecule has 0 saturated heterocycles. The Morgan fingerprint density at radius 1 is 1.83 bits per heavy atom. The highest BCUT2D eigenvalue weighted by Crippen LogP contribution is 2.22. The molecule has 0 spiro atoms. The molecule has 1 aromatic heterocycles. The molecule has 1 rings (SSSR count). The fraction of sp³-hybridized carbons (Fsp3) is 0.429. The Morgan fingerprint density at radius 3 is 2.92 bits per heavy atom. The summed E-state index contributed by atoms with van der Waals surface area (Å²) in [4.78, 5) is 14.7. The van der Waals surface area contributed by atoms with Gasteiger partial charge in [0.15, 0.2) is 0 Å². The van der Waals surface area contributed by atoms with Gasteiger partial charge in [-0.1, -0.05) is 0 Å². The van der Waals surface area contributed by atoms with Crippen molar-refractivity contribution in [1.29, 1.82) is 0 Å². The van der Waals surface area contributed by atoms with Crippen LogP contribution in [0.2, 0.25) is 0 Å². The van der Waals surface area contributed by atoms with Crippen LogP contribution in [0.3, 0.4) is 0 Å². The van der Waals surface area contributed by atoms with Crippen molar-refractivity contribution in [3.63, 3.8) is 0 Å². The second-order valence-corrected chi connectivity index (χ2v) is 3.79. The third kappa shape index (κ3) is 2.02. The molecule has 1 heterocycles. The molecule has 0 aliphatic heterocycles. The molecule has 0 aromatic carbocycles. The summed E-state index contributed by atoms with van der Waals surface area (Å²) in [5, 5.41) is 2.56. The summed E-state index contributed by atoms with van der Waals surface area (Å²) in [5.74, 6) is -0.407. The molecule has 5 heteroatoms. The van der Waals surface area contributed by atoms with Crippen LogP contribution in [0, 0.1) is 0 Å². The molecule has 1 atom stereocenters. The van der Waals surface area contributed by atoms with E-state index in [9.17, 15) is 4.79 Å². The van der Waals surface area contributed by atoms with Crippen LogP contribution in [0.1, 0.15) is 18.4 Å². The maximum absolute atomic E-state index is 10.6. The van der Waals surface area contributed by atoms with Crippen molar-refractivity contribution in [1.82, 2.24) is 4.98 Å². The fourth-order valence-corrected chi connectivity index (χ4v) is 1.66. The van der Waals surface area contributed by atoms with E-state index in [0.29, 0.717) is 0 Å². The number of hydrogen-bond acceptors (Lipinski definition) is 4. The molecule has 1 unspecified atom stereocenters. The molecule has 1 amide bonds. The number of thiazole rings is 1. The van der Waals surface area contributed by atoms with Gasteiger partial charge < -0.3 is 11.5 Å². The molecule has 1 aromatic rings. The number of hydrogen-bond donors (Lipinski definition) is 2. The van der Waals surface area contributed by atoms with E-state index >= 15 is 0 Å². The van der Waals surface area contributed by atoms with Gasteiger partial charge in [0.2, 0.25) is 5.91 Å². The van der Waals surface area contributed by atoms with Crippen LogP contribution in [-0.4, -0.2) is 10.9 Å². The molecule has 4 N–H and O–H groups in total. The standard InChI is InChI=1S/C7H11N3OS/c1-7(9,4-5(8)11)6-10-2-3-12-6/h2-3H,4,9H2,1H3,(H2,8,11). The highest BCUT2D eigenvalue weighted by atomic mass is 32.1. The van der Waals surface area contributed by atoms with E-state index in [1.165, 1.54) is 11.3 Å². The number of amides is 1. The summed E-state index contributed by atoms with van der Waals surface area (Å²) >= 11 is 1.43. The second-order valence-electron chi connectivity index (χ2n) is 2.90. The highest BCUT2D eigenvalue weighted by molar-refractivity contribution is 7.09. The highest BCUT2D eigenvalue weighted by Gasteiger charge is 2.25. The van der Waals surface area contributed by atoms with Crippen LogP contribution in [0.4, 0.5) is 0 Å². The zero-order valence-electron chi connectivity index (χ0n) is 6.78. The zero-order chi connectivity index (χ0) is 9.19. The molecule has 0 aliphatic rings. The number of primary amides is 1. The predicted molar refractivity (Wildman–Crippen MR) is 47.5 cm³/mol. The summed E-state index contributed by atoms with van der Waals surface area (Å²) in [6.45, 7) is 1.75. The number of rotatable bonds is 3. The molecule has 12 heavy (non-hydrogen) atoms. The molecular formula is C7H11N3OS. The normalized spacial score (nSPS) is 15.5. The van der Waals surface area contributed by atoms with Crippen LogP contribution >= 0.6 is 11.3 Å². The maximum atomic E-state index is 10.6. The second kappa shape index (κ2) is 3.20. The minimum Gasteiger partial charge on any atom is -0.370 e. The molecule has 0 fully saturated rings. The number of nitrogens with zero attached hydrogens (tertiary/aromatic N) is 1. The largest absolute Gasteiger partial charge is 0.370 e. The lowest BCUT2D eigenvalue weighted by Crippen LogP contribution is -2.37. The van der Waals surface area contributed by atoms with Crippen molar-refractivity contribution in [2.45, 2.75) is 18.9 Å². The van der Waals surface area contributed by atoms with Gasteiger partial charge in [-0.2, -0.15) is 0 Å². The van der Waals surface area contributed by atoms with Crippen LogP contribution in [0.5, 0.6) is 0 Å². The third-order valence-electron chi connectivity index (χ3n) is 1.46. The van der Waals surface area contributed by atoms with Gasteiger partial charge in [0.05, 0.1) is 12.0 Å². The SMILES string of the molecule is CC(N)(CC(N)=O)c1nccs1. The number of aromatic nitrogens is 1. The quantitative estimate of drug-likeness (QED) is 0.705. The van der Waals surface area contributed by atoms with E-state index in [2.05, 4.69) is 4.98 Å². The molecule has 0 bridgehead atoms. The molecule has 0 aliphatic carbocycles. The van der Waals surface area contributed by atoms with Crippen molar-refractivity contribution >= 4 is 17.2 Å². The van der Waals surface area contributed by atoms with Crippen LogP contribution in [-0.2, 0) is 10.3 Å². The Bertz CT molecular complexity index is 268. The first-order chi connectivity index (χ1) is 5.52. The van der Waals surface area contributed by atoms with Crippen LogP contribution in [0.25, 0.3) is 0 Å². The monoisotopic (exact) mass is 185 g/mol. The lowest BCUT2D eigenvalue weighted by Gasteiger charge is -2.19. The van der Waals surface area contributed by atoms with Crippen molar-refractivity contribution in [2.75, 3.05) is 0 Å². The number of nitrogens with two attached hydrogens (primary N) is 2. The van der Waals surface area contributed by atoms with Gasteiger partial charge in [-0.05, 0) is 6.92 Å². The summed E-state index contributed by atoms with van der Waals surface area (Å²) in [7, 11) is 0. The summed E-state index contributed by atoms with van der Waals surface area (Å²) in [6, 6.07) is 0. The van der Waals surface area contributed by atoms with Gasteiger partial charge in [0.1, 0.15) is 5.01 Å². The van der Waals surface area contributed by atoms with E-state index in [1.807, 2.05) is 5.38 Å². The van der Waals surface area contributed by atoms with E-state index in [4.69, 9.17) is 11.5 Å². The maximum Gasteiger partial charge on any atom is 0.219 e. The first kappa shape index (κ1) is 9.15. The van der Waals surface area contributed by atoms with E-state index in [0.717, 1.165) is 5.01 Å². The molecular weight excluding hydrogens is 174 g/mol. The molecule has 66 valence electrons. The first-order valence-corrected chi connectivity index (χ1v) is 4.37. The third-order valence-corrected chi connectivity index (χ3v) is 2.52. The Balaban J connectivity index is 2.79. The Morgan fingerprint density at radius 2 is 2.50 bits per heavy atom. The van der Waals surface area contributed by atoms with Gasteiger partial charge in [0, 0.05) is 11.6 Å². The zero-order valence-corrected chi connectivity index (χ0v) is 7.60. The Kier molecular flexibility index (Phi) is 2.44. The van der Waals surface area contributed by atoms with E-state index in [-0.39, 0.29) is 6.42 Å². The van der Waals surface area contributed by atoms with Gasteiger partial charge in [-0.3, -0.25) is 4.79 Å². The van der Waals surface area contributed by atoms with E-state index in [1.54, 1.807) is 13.1 Å². The molecule has 0 saturated carbocycles. The molecule has 0 radical (unpaired) electrons. The van der Waals surface area contributed by atoms with Crippen molar-refractivity contribution in [3.8, 4) is 0 Å². The number of carbonyl (C=O) groups is 1. The average molecular weight is 185 g/mol. The lowest BCUT2D eigenvalue weighted by atomic mass is 10.0. The Hall–Kier alpha value is -0.940. The predicted octanol–water partition coefficient (Wildman–Crippen LogP) is 0.192. The minimum absolute atomic E-state index is 0.126.